The van der Waals surface area contributed by atoms with Crippen molar-refractivity contribution in [3.8, 4) is 0 Å². The van der Waals surface area contributed by atoms with Gasteiger partial charge in [-0.2, -0.15) is 13.2 Å². The zero-order valence-electron chi connectivity index (χ0n) is 13.4. The molecule has 126 valence electrons. The van der Waals surface area contributed by atoms with E-state index in [9.17, 15) is 18.0 Å². The summed E-state index contributed by atoms with van der Waals surface area (Å²) in [6, 6.07) is 5.51. The van der Waals surface area contributed by atoms with Crippen molar-refractivity contribution >= 4 is 6.09 Å². The summed E-state index contributed by atoms with van der Waals surface area (Å²) >= 11 is 0. The second-order valence-corrected chi connectivity index (χ2v) is 7.80. The minimum atomic E-state index is -4.33. The highest BCUT2D eigenvalue weighted by Gasteiger charge is 2.69. The van der Waals surface area contributed by atoms with E-state index >= 15 is 0 Å². The molecule has 0 radical (unpaired) electrons. The summed E-state index contributed by atoms with van der Waals surface area (Å²) in [5.41, 5.74) is -1.01. The lowest BCUT2D eigenvalue weighted by atomic mass is 9.37. The number of carbonyl (C=O) groups excluding carboxylic acids is 1. The third-order valence-electron chi connectivity index (χ3n) is 4.60. The Bertz CT molecular complexity index is 626. The van der Waals surface area contributed by atoms with Gasteiger partial charge < -0.3 is 10.1 Å². The molecule has 1 N–H and O–H groups in total. The summed E-state index contributed by atoms with van der Waals surface area (Å²) in [7, 11) is 0. The van der Waals surface area contributed by atoms with Gasteiger partial charge >= 0.3 is 12.3 Å². The van der Waals surface area contributed by atoms with Crippen molar-refractivity contribution in [2.24, 2.45) is 0 Å². The summed E-state index contributed by atoms with van der Waals surface area (Å²) in [5, 5.41) is 2.87. The highest BCUT2D eigenvalue weighted by atomic mass is 19.4. The molecular formula is C17H20F3NO2. The van der Waals surface area contributed by atoms with Gasteiger partial charge in [0.05, 0.1) is 5.56 Å². The van der Waals surface area contributed by atoms with Gasteiger partial charge in [-0.05, 0) is 51.7 Å². The molecule has 0 saturated heterocycles. The van der Waals surface area contributed by atoms with Crippen LogP contribution in [0.1, 0.15) is 51.2 Å². The number of nitrogens with one attached hydrogen (secondary N) is 1. The average Bonchev–Trinajstić information content (AvgIpc) is 2.28. The molecule has 0 aromatic heterocycles. The van der Waals surface area contributed by atoms with Crippen LogP contribution in [0.2, 0.25) is 0 Å². The number of alkyl halides is 3. The van der Waals surface area contributed by atoms with Crippen LogP contribution in [-0.4, -0.2) is 17.2 Å². The number of amides is 1. The molecule has 23 heavy (non-hydrogen) atoms. The number of ether oxygens (including phenoxy) is 1. The lowest BCUT2D eigenvalue weighted by molar-refractivity contribution is -0.138. The van der Waals surface area contributed by atoms with Gasteiger partial charge in [-0.25, -0.2) is 4.79 Å². The van der Waals surface area contributed by atoms with Crippen molar-refractivity contribution in [2.45, 2.75) is 62.8 Å². The molecule has 3 saturated carbocycles. The molecule has 4 rings (SSSR count). The van der Waals surface area contributed by atoms with E-state index in [1.807, 2.05) is 0 Å². The molecule has 1 aromatic carbocycles. The Morgan fingerprint density at radius 2 is 1.78 bits per heavy atom. The van der Waals surface area contributed by atoms with Crippen LogP contribution in [-0.2, 0) is 16.3 Å². The van der Waals surface area contributed by atoms with E-state index in [0.717, 1.165) is 6.07 Å². The van der Waals surface area contributed by atoms with Gasteiger partial charge in [0.1, 0.15) is 5.60 Å². The van der Waals surface area contributed by atoms with Crippen molar-refractivity contribution in [2.75, 3.05) is 0 Å². The van der Waals surface area contributed by atoms with Gasteiger partial charge in [0, 0.05) is 11.0 Å². The summed E-state index contributed by atoms with van der Waals surface area (Å²) in [6.45, 7) is 5.37. The first kappa shape index (κ1) is 16.1. The molecule has 1 aromatic rings. The number of alkyl carbamates (subject to hydrolysis) is 1. The Labute approximate surface area is 133 Å². The number of benzene rings is 1. The van der Waals surface area contributed by atoms with Crippen molar-refractivity contribution < 1.29 is 22.7 Å². The molecule has 3 fully saturated rings. The van der Waals surface area contributed by atoms with E-state index in [4.69, 9.17) is 4.74 Å². The summed E-state index contributed by atoms with van der Waals surface area (Å²) in [4.78, 5) is 11.8. The van der Waals surface area contributed by atoms with Crippen LogP contribution in [0.15, 0.2) is 24.3 Å². The first-order valence-corrected chi connectivity index (χ1v) is 7.62. The third kappa shape index (κ3) is 2.91. The largest absolute Gasteiger partial charge is 0.444 e. The topological polar surface area (TPSA) is 38.3 Å². The highest BCUT2D eigenvalue weighted by molar-refractivity contribution is 5.70. The zero-order chi connectivity index (χ0) is 17.1. The fourth-order valence-electron chi connectivity index (χ4n) is 3.77. The van der Waals surface area contributed by atoms with Crippen LogP contribution in [0.25, 0.3) is 0 Å². The predicted molar refractivity (Wildman–Crippen MR) is 79.1 cm³/mol. The van der Waals surface area contributed by atoms with Gasteiger partial charge in [0.15, 0.2) is 0 Å². The summed E-state index contributed by atoms with van der Waals surface area (Å²) < 4.78 is 43.7. The molecule has 0 aliphatic heterocycles. The van der Waals surface area contributed by atoms with Gasteiger partial charge in [-0.15, -0.1) is 0 Å². The lowest BCUT2D eigenvalue weighted by Gasteiger charge is -2.70. The maximum absolute atomic E-state index is 12.8. The van der Waals surface area contributed by atoms with E-state index in [1.54, 1.807) is 26.8 Å². The number of rotatable bonds is 2. The molecule has 3 aliphatic carbocycles. The van der Waals surface area contributed by atoms with E-state index in [-0.39, 0.29) is 11.0 Å². The molecule has 3 nitrogen and oxygen atoms in total. The molecule has 0 atom stereocenters. The third-order valence-corrected chi connectivity index (χ3v) is 4.60. The SMILES string of the molecule is CC(C)(C)OC(=O)NC12CC(c3cccc(C(F)(F)F)c3)(C1)C2. The molecular weight excluding hydrogens is 307 g/mol. The molecule has 1 amide bonds. The number of hydrogen-bond donors (Lipinski definition) is 1. The van der Waals surface area contributed by atoms with Gasteiger partial charge in [-0.3, -0.25) is 0 Å². The summed E-state index contributed by atoms with van der Waals surface area (Å²) in [5.74, 6) is 0. The van der Waals surface area contributed by atoms with E-state index in [1.165, 1.54) is 12.1 Å². The highest BCUT2D eigenvalue weighted by Crippen LogP contribution is 2.68. The second kappa shape index (κ2) is 4.65. The standard InChI is InChI=1S/C17H20F3NO2/c1-14(2,3)23-13(22)21-16-8-15(9-16,10-16)11-5-4-6-12(7-11)17(18,19)20/h4-7H,8-10H2,1-3H3,(H,21,22). The van der Waals surface area contributed by atoms with Crippen LogP contribution in [0.5, 0.6) is 0 Å². The maximum atomic E-state index is 12.8. The van der Waals surface area contributed by atoms with Gasteiger partial charge in [-0.1, -0.05) is 18.2 Å². The maximum Gasteiger partial charge on any atom is 0.416 e. The zero-order valence-corrected chi connectivity index (χ0v) is 13.4. The predicted octanol–water partition coefficient (Wildman–Crippen LogP) is 4.40. The Hall–Kier alpha value is -1.72. The van der Waals surface area contributed by atoms with Crippen molar-refractivity contribution in [1.82, 2.24) is 5.32 Å². The lowest BCUT2D eigenvalue weighted by Crippen LogP contribution is -2.76. The minimum Gasteiger partial charge on any atom is -0.444 e. The molecule has 0 unspecified atom stereocenters. The fraction of sp³-hybridized carbons (Fsp3) is 0.588. The average molecular weight is 327 g/mol. The van der Waals surface area contributed by atoms with E-state index in [0.29, 0.717) is 24.8 Å². The van der Waals surface area contributed by atoms with E-state index in [2.05, 4.69) is 5.32 Å². The number of carbonyl (C=O) groups is 1. The first-order valence-electron chi connectivity index (χ1n) is 7.62. The Kier molecular flexibility index (Phi) is 3.26. The molecule has 2 bridgehead atoms. The van der Waals surface area contributed by atoms with E-state index < -0.39 is 23.4 Å². The molecule has 0 spiro atoms. The second-order valence-electron chi connectivity index (χ2n) is 7.80. The van der Waals surface area contributed by atoms with Crippen LogP contribution < -0.4 is 5.32 Å². The monoisotopic (exact) mass is 327 g/mol. The Morgan fingerprint density at radius 3 is 2.30 bits per heavy atom. The molecule has 3 aliphatic rings. The minimum absolute atomic E-state index is 0.226. The Balaban J connectivity index is 1.64. The Morgan fingerprint density at radius 1 is 1.17 bits per heavy atom. The number of hydrogen-bond acceptors (Lipinski definition) is 2. The quantitative estimate of drug-likeness (QED) is 0.874. The first-order chi connectivity index (χ1) is 10.4. The summed E-state index contributed by atoms with van der Waals surface area (Å²) in [6.07, 6.45) is -2.79. The van der Waals surface area contributed by atoms with Gasteiger partial charge in [0.25, 0.3) is 0 Å². The van der Waals surface area contributed by atoms with Gasteiger partial charge in [0.2, 0.25) is 0 Å². The van der Waals surface area contributed by atoms with Crippen molar-refractivity contribution in [3.05, 3.63) is 35.4 Å². The van der Waals surface area contributed by atoms with Crippen molar-refractivity contribution in [1.29, 1.82) is 0 Å². The molecule has 6 heteroatoms. The van der Waals surface area contributed by atoms with Crippen LogP contribution in [0.3, 0.4) is 0 Å². The molecule has 0 heterocycles. The van der Waals surface area contributed by atoms with Crippen molar-refractivity contribution in [3.63, 3.8) is 0 Å². The fourth-order valence-corrected chi connectivity index (χ4v) is 3.77. The van der Waals surface area contributed by atoms with Crippen LogP contribution >= 0.6 is 0 Å². The smallest absolute Gasteiger partial charge is 0.416 e. The number of halogens is 3. The normalized spacial score (nSPS) is 29.3. The van der Waals surface area contributed by atoms with Crippen LogP contribution in [0.4, 0.5) is 18.0 Å². The van der Waals surface area contributed by atoms with Crippen LogP contribution in [0, 0.1) is 0 Å².